The molecule has 0 aliphatic rings. The number of ether oxygens (including phenoxy) is 2. The number of carboxylic acids is 1. The normalized spacial score (nSPS) is 12.4. The van der Waals surface area contributed by atoms with Crippen molar-refractivity contribution >= 4 is 5.97 Å². The van der Waals surface area contributed by atoms with Gasteiger partial charge in [-0.1, -0.05) is 62.3 Å². The first-order chi connectivity index (χ1) is 17.2. The van der Waals surface area contributed by atoms with Crippen LogP contribution in [0.2, 0.25) is 0 Å². The summed E-state index contributed by atoms with van der Waals surface area (Å²) >= 11 is 0. The van der Waals surface area contributed by atoms with E-state index in [9.17, 15) is 9.90 Å². The number of carboxylic acid groups (broad SMARTS) is 1. The van der Waals surface area contributed by atoms with Gasteiger partial charge in [0, 0.05) is 35.6 Å². The lowest BCUT2D eigenvalue weighted by atomic mass is 9.93. The van der Waals surface area contributed by atoms with E-state index in [1.807, 2.05) is 66.7 Å². The third kappa shape index (κ3) is 6.23. The molecule has 1 atom stereocenters. The molecule has 1 unspecified atom stereocenters. The Kier molecular flexibility index (Phi) is 7.60. The molecule has 0 amide bonds. The summed E-state index contributed by atoms with van der Waals surface area (Å²) in [5.74, 6) is 2.01. The number of hydrogen-bond donors (Lipinski definition) is 1. The van der Waals surface area contributed by atoms with E-state index in [4.69, 9.17) is 18.4 Å². The molecule has 0 aliphatic heterocycles. The van der Waals surface area contributed by atoms with Gasteiger partial charge >= 0.3 is 5.97 Å². The van der Waals surface area contributed by atoms with Crippen LogP contribution in [-0.4, -0.2) is 28.9 Å². The Morgan fingerprint density at radius 1 is 1.00 bits per heavy atom. The van der Waals surface area contributed by atoms with E-state index >= 15 is 0 Å². The highest BCUT2D eigenvalue weighted by Crippen LogP contribution is 2.29. The average Bonchev–Trinajstić information content (AvgIpc) is 3.54. The molecule has 1 N–H and O–H groups in total. The average molecular weight is 490 g/mol. The summed E-state index contributed by atoms with van der Waals surface area (Å²) in [7, 11) is 0. The SMILES string of the molecule is CCOC(Cc1ccc(OCc2ccc(-c3ccc(-c4cc(C(C)(C)C)on4)cc3)o2)cc1)C(=O)O. The first-order valence-electron chi connectivity index (χ1n) is 12.0. The van der Waals surface area contributed by atoms with Gasteiger partial charge in [0.05, 0.1) is 0 Å². The van der Waals surface area contributed by atoms with Crippen LogP contribution in [0.1, 0.15) is 44.8 Å². The zero-order valence-electron chi connectivity index (χ0n) is 21.0. The van der Waals surface area contributed by atoms with Crippen LogP contribution in [-0.2, 0) is 28.0 Å². The first kappa shape index (κ1) is 25.3. The molecule has 188 valence electrons. The highest BCUT2D eigenvalue weighted by molar-refractivity contribution is 5.72. The van der Waals surface area contributed by atoms with E-state index in [1.165, 1.54) is 0 Å². The number of carbonyl (C=O) groups is 1. The largest absolute Gasteiger partial charge is 0.486 e. The number of hydrogen-bond acceptors (Lipinski definition) is 6. The third-order valence-electron chi connectivity index (χ3n) is 5.75. The van der Waals surface area contributed by atoms with Crippen LogP contribution in [0.15, 0.2) is 75.7 Å². The van der Waals surface area contributed by atoms with Gasteiger partial charge in [0.25, 0.3) is 0 Å². The quantitative estimate of drug-likeness (QED) is 0.271. The molecule has 2 heterocycles. The van der Waals surface area contributed by atoms with Crippen LogP contribution in [0.25, 0.3) is 22.6 Å². The van der Waals surface area contributed by atoms with Crippen molar-refractivity contribution in [2.45, 2.75) is 52.2 Å². The van der Waals surface area contributed by atoms with Crippen LogP contribution in [0.4, 0.5) is 0 Å². The first-order valence-corrected chi connectivity index (χ1v) is 12.0. The van der Waals surface area contributed by atoms with Gasteiger partial charge in [0.2, 0.25) is 0 Å². The molecule has 7 nitrogen and oxygen atoms in total. The van der Waals surface area contributed by atoms with Gasteiger partial charge < -0.3 is 23.5 Å². The zero-order valence-corrected chi connectivity index (χ0v) is 21.0. The molecule has 0 saturated heterocycles. The Bertz CT molecular complexity index is 1280. The molecular weight excluding hydrogens is 458 g/mol. The Morgan fingerprint density at radius 3 is 2.31 bits per heavy atom. The highest BCUT2D eigenvalue weighted by atomic mass is 16.5. The molecule has 2 aromatic carbocycles. The van der Waals surface area contributed by atoms with E-state index in [0.29, 0.717) is 24.5 Å². The standard InChI is InChI=1S/C29H31NO6/c1-5-33-26(28(31)32)16-19-6-12-22(13-7-19)34-18-23-14-15-25(35-23)21-10-8-20(9-11-21)24-17-27(36-30-24)29(2,3)4/h6-15,17,26H,5,16,18H2,1-4H3,(H,31,32). The molecule has 36 heavy (non-hydrogen) atoms. The Balaban J connectivity index is 1.34. The summed E-state index contributed by atoms with van der Waals surface area (Å²) in [5, 5.41) is 13.4. The number of nitrogens with zero attached hydrogens (tertiary/aromatic N) is 1. The topological polar surface area (TPSA) is 94.9 Å². The molecule has 2 aromatic heterocycles. The summed E-state index contributed by atoms with van der Waals surface area (Å²) in [4.78, 5) is 11.3. The molecule has 0 fully saturated rings. The minimum absolute atomic E-state index is 0.0904. The lowest BCUT2D eigenvalue weighted by molar-refractivity contribution is -0.149. The molecule has 7 heteroatoms. The van der Waals surface area contributed by atoms with Crippen molar-refractivity contribution in [3.05, 3.63) is 83.8 Å². The molecule has 4 aromatic rings. The fourth-order valence-corrected chi connectivity index (χ4v) is 3.69. The van der Waals surface area contributed by atoms with Crippen LogP contribution in [0.3, 0.4) is 0 Å². The minimum atomic E-state index is -0.965. The van der Waals surface area contributed by atoms with Crippen molar-refractivity contribution in [2.75, 3.05) is 6.61 Å². The number of aliphatic carboxylic acids is 1. The molecule has 0 bridgehead atoms. The van der Waals surface area contributed by atoms with Gasteiger partial charge in [0.1, 0.15) is 35.3 Å². The van der Waals surface area contributed by atoms with Gasteiger partial charge in [-0.05, 0) is 36.8 Å². The van der Waals surface area contributed by atoms with Crippen molar-refractivity contribution < 1.29 is 28.3 Å². The Labute approximate surface area is 210 Å². The van der Waals surface area contributed by atoms with E-state index in [-0.39, 0.29) is 12.0 Å². The van der Waals surface area contributed by atoms with E-state index in [1.54, 1.807) is 6.92 Å². The number of rotatable bonds is 10. The number of furan rings is 1. The predicted octanol–water partition coefficient (Wildman–Crippen LogP) is 6.51. The van der Waals surface area contributed by atoms with Crippen molar-refractivity contribution in [2.24, 2.45) is 0 Å². The van der Waals surface area contributed by atoms with Gasteiger partial charge in [-0.15, -0.1) is 0 Å². The number of benzene rings is 2. The third-order valence-corrected chi connectivity index (χ3v) is 5.75. The minimum Gasteiger partial charge on any atom is -0.486 e. The predicted molar refractivity (Wildman–Crippen MR) is 136 cm³/mol. The maximum absolute atomic E-state index is 11.3. The van der Waals surface area contributed by atoms with Crippen LogP contribution in [0.5, 0.6) is 5.75 Å². The summed E-state index contributed by atoms with van der Waals surface area (Å²) in [6.07, 6.45) is -0.549. The monoisotopic (exact) mass is 489 g/mol. The zero-order chi connectivity index (χ0) is 25.7. The van der Waals surface area contributed by atoms with Gasteiger partial charge in [0.15, 0.2) is 6.10 Å². The maximum atomic E-state index is 11.3. The fraction of sp³-hybridized carbons (Fsp3) is 0.310. The van der Waals surface area contributed by atoms with Crippen molar-refractivity contribution in [3.8, 4) is 28.3 Å². The molecular formula is C29H31NO6. The Morgan fingerprint density at radius 2 is 1.69 bits per heavy atom. The number of aromatic nitrogens is 1. The molecule has 0 spiro atoms. The smallest absolute Gasteiger partial charge is 0.333 e. The van der Waals surface area contributed by atoms with E-state index < -0.39 is 12.1 Å². The fourth-order valence-electron chi connectivity index (χ4n) is 3.69. The molecule has 4 rings (SSSR count). The summed E-state index contributed by atoms with van der Waals surface area (Å²) in [6, 6.07) is 21.1. The second-order valence-corrected chi connectivity index (χ2v) is 9.59. The van der Waals surface area contributed by atoms with E-state index in [2.05, 4.69) is 25.9 Å². The molecule has 0 saturated carbocycles. The van der Waals surface area contributed by atoms with Crippen LogP contribution < -0.4 is 4.74 Å². The van der Waals surface area contributed by atoms with Crippen molar-refractivity contribution in [3.63, 3.8) is 0 Å². The van der Waals surface area contributed by atoms with Gasteiger partial charge in [-0.25, -0.2) is 4.79 Å². The summed E-state index contributed by atoms with van der Waals surface area (Å²) in [5.41, 5.74) is 3.52. The van der Waals surface area contributed by atoms with Gasteiger partial charge in [-0.3, -0.25) is 0 Å². The lowest BCUT2D eigenvalue weighted by Crippen LogP contribution is -2.26. The second-order valence-electron chi connectivity index (χ2n) is 9.59. The summed E-state index contributed by atoms with van der Waals surface area (Å²) < 4.78 is 22.6. The Hall–Kier alpha value is -3.84. The highest BCUT2D eigenvalue weighted by Gasteiger charge is 2.20. The van der Waals surface area contributed by atoms with Crippen molar-refractivity contribution in [1.82, 2.24) is 5.16 Å². The molecule has 0 radical (unpaired) electrons. The van der Waals surface area contributed by atoms with Crippen molar-refractivity contribution in [1.29, 1.82) is 0 Å². The van der Waals surface area contributed by atoms with Gasteiger partial charge in [-0.2, -0.15) is 0 Å². The van der Waals surface area contributed by atoms with E-state index in [0.717, 1.165) is 33.9 Å². The maximum Gasteiger partial charge on any atom is 0.333 e. The van der Waals surface area contributed by atoms with Crippen LogP contribution in [0, 0.1) is 0 Å². The van der Waals surface area contributed by atoms with Crippen LogP contribution >= 0.6 is 0 Å². The summed E-state index contributed by atoms with van der Waals surface area (Å²) in [6.45, 7) is 8.69. The second kappa shape index (κ2) is 10.8. The molecule has 0 aliphatic carbocycles. The lowest BCUT2D eigenvalue weighted by Gasteiger charge is -2.12.